The van der Waals surface area contributed by atoms with E-state index in [1.807, 2.05) is 19.0 Å². The fraction of sp³-hybridized carbons (Fsp3) is 0.143. The molecule has 0 unspecified atom stereocenters. The van der Waals surface area contributed by atoms with Gasteiger partial charge in [0.05, 0.1) is 16.1 Å². The van der Waals surface area contributed by atoms with Gasteiger partial charge in [0.25, 0.3) is 11.8 Å². The van der Waals surface area contributed by atoms with Crippen molar-refractivity contribution in [2.45, 2.75) is 0 Å². The second-order valence-electron chi connectivity index (χ2n) is 8.51. The lowest BCUT2D eigenvalue weighted by Gasteiger charge is -2.19. The first kappa shape index (κ1) is 26.3. The zero-order chi connectivity index (χ0) is 27.2. The van der Waals surface area contributed by atoms with Crippen LogP contribution in [-0.4, -0.2) is 49.1 Å². The van der Waals surface area contributed by atoms with Crippen molar-refractivity contribution in [2.24, 2.45) is 5.73 Å². The maximum atomic E-state index is 13.0. The number of pyridine rings is 1. The first-order chi connectivity index (χ1) is 18.3. The maximum absolute atomic E-state index is 13.0. The van der Waals surface area contributed by atoms with E-state index in [0.717, 1.165) is 0 Å². The maximum Gasteiger partial charge on any atom is 0.266 e. The van der Waals surface area contributed by atoms with Crippen molar-refractivity contribution in [1.29, 1.82) is 5.26 Å². The van der Waals surface area contributed by atoms with Crippen LogP contribution in [0.5, 0.6) is 5.75 Å². The zero-order valence-corrected chi connectivity index (χ0v) is 21.7. The molecule has 0 radical (unpaired) electrons. The third kappa shape index (κ3) is 5.49. The van der Waals surface area contributed by atoms with Gasteiger partial charge in [-0.3, -0.25) is 9.59 Å². The first-order valence-electron chi connectivity index (χ1n) is 11.7. The molecule has 0 bridgehead atoms. The van der Waals surface area contributed by atoms with E-state index in [9.17, 15) is 20.0 Å². The number of anilines is 2. The van der Waals surface area contributed by atoms with Crippen molar-refractivity contribution in [1.82, 2.24) is 10.3 Å². The molecule has 0 fully saturated rings. The number of nitrogens with zero attached hydrogens (tertiary/aromatic N) is 3. The molecule has 0 aliphatic heterocycles. The van der Waals surface area contributed by atoms with Crippen molar-refractivity contribution in [3.8, 4) is 34.2 Å². The molecule has 4 aromatic rings. The van der Waals surface area contributed by atoms with Crippen LogP contribution in [0.15, 0.2) is 66.0 Å². The molecule has 0 saturated carbocycles. The van der Waals surface area contributed by atoms with E-state index in [4.69, 9.17) is 5.73 Å². The molecule has 0 saturated heterocycles. The van der Waals surface area contributed by atoms with E-state index in [1.54, 1.807) is 60.0 Å². The fourth-order valence-corrected chi connectivity index (χ4v) is 4.56. The largest absolute Gasteiger partial charge is 0.507 e. The Balaban J connectivity index is 1.92. The van der Waals surface area contributed by atoms with Crippen LogP contribution in [0.2, 0.25) is 0 Å². The van der Waals surface area contributed by atoms with Crippen molar-refractivity contribution in [3.05, 3.63) is 82.0 Å². The lowest BCUT2D eigenvalue weighted by molar-refractivity contribution is 0.0954. The average molecular weight is 527 g/mol. The Bertz CT molecular complexity index is 1530. The van der Waals surface area contributed by atoms with E-state index in [1.165, 1.54) is 17.4 Å². The van der Waals surface area contributed by atoms with Gasteiger partial charge in [-0.1, -0.05) is 24.3 Å². The van der Waals surface area contributed by atoms with Crippen LogP contribution < -0.4 is 21.3 Å². The van der Waals surface area contributed by atoms with E-state index in [-0.39, 0.29) is 23.0 Å². The summed E-state index contributed by atoms with van der Waals surface area (Å²) in [6.45, 7) is 0.605. The first-order valence-corrected chi connectivity index (χ1v) is 12.6. The van der Waals surface area contributed by atoms with Crippen molar-refractivity contribution < 1.29 is 14.7 Å². The molecule has 2 amide bonds. The number of nitrogens with two attached hydrogens (primary N) is 1. The molecule has 0 atom stereocenters. The number of aromatic hydroxyl groups is 1. The number of thiophene rings is 1. The number of carbonyl (C=O) groups is 2. The van der Waals surface area contributed by atoms with Crippen molar-refractivity contribution in [2.75, 3.05) is 37.4 Å². The van der Waals surface area contributed by atoms with Gasteiger partial charge >= 0.3 is 0 Å². The Labute approximate surface area is 224 Å². The summed E-state index contributed by atoms with van der Waals surface area (Å²) in [6.07, 6.45) is 0. The van der Waals surface area contributed by atoms with Gasteiger partial charge < -0.3 is 26.4 Å². The molecule has 2 heterocycles. The second kappa shape index (κ2) is 11.6. The summed E-state index contributed by atoms with van der Waals surface area (Å²) in [4.78, 5) is 32.7. The SMILES string of the molecule is CN(C)c1ccc(-c2cc(-c3ccccc3O)nc(NC(=O)c3cccs3)c2C#N)cc1C(=O)NCCN. The number of rotatable bonds is 8. The molecule has 0 aliphatic rings. The Kier molecular flexibility index (Phi) is 8.01. The number of nitrogens with one attached hydrogen (secondary N) is 2. The average Bonchev–Trinajstić information content (AvgIpc) is 3.46. The monoisotopic (exact) mass is 526 g/mol. The number of hydrogen-bond acceptors (Lipinski definition) is 8. The van der Waals surface area contributed by atoms with Crippen molar-refractivity contribution in [3.63, 3.8) is 0 Å². The fourth-order valence-electron chi connectivity index (χ4n) is 3.94. The van der Waals surface area contributed by atoms with Crippen LogP contribution in [0.4, 0.5) is 11.5 Å². The summed E-state index contributed by atoms with van der Waals surface area (Å²) >= 11 is 1.26. The Hall–Kier alpha value is -4.72. The van der Waals surface area contributed by atoms with Gasteiger partial charge in [0.2, 0.25) is 0 Å². The molecule has 192 valence electrons. The highest BCUT2D eigenvalue weighted by molar-refractivity contribution is 7.12. The summed E-state index contributed by atoms with van der Waals surface area (Å²) in [5.74, 6) is -0.668. The molecule has 4 rings (SSSR count). The zero-order valence-electron chi connectivity index (χ0n) is 20.9. The van der Waals surface area contributed by atoms with Gasteiger partial charge in [0, 0.05) is 44.0 Å². The molecule has 5 N–H and O–H groups in total. The third-order valence-electron chi connectivity index (χ3n) is 5.75. The molecule has 2 aromatic carbocycles. The Morgan fingerprint density at radius 1 is 1.08 bits per heavy atom. The van der Waals surface area contributed by atoms with Crippen LogP contribution >= 0.6 is 11.3 Å². The summed E-state index contributed by atoms with van der Waals surface area (Å²) < 4.78 is 0. The lowest BCUT2D eigenvalue weighted by Crippen LogP contribution is -2.30. The van der Waals surface area contributed by atoms with Crippen LogP contribution in [0.25, 0.3) is 22.4 Å². The molecule has 38 heavy (non-hydrogen) atoms. The highest BCUT2D eigenvalue weighted by Crippen LogP contribution is 2.37. The molecular formula is C28H26N6O3S. The van der Waals surface area contributed by atoms with Gasteiger partial charge in [-0.15, -0.1) is 11.3 Å². The van der Waals surface area contributed by atoms with Crippen LogP contribution in [0.1, 0.15) is 25.6 Å². The summed E-state index contributed by atoms with van der Waals surface area (Å²) in [6, 6.07) is 19.2. The minimum Gasteiger partial charge on any atom is -0.507 e. The van der Waals surface area contributed by atoms with Crippen LogP contribution in [0, 0.1) is 11.3 Å². The van der Waals surface area contributed by atoms with Crippen LogP contribution in [0.3, 0.4) is 0 Å². The van der Waals surface area contributed by atoms with Gasteiger partial charge in [-0.25, -0.2) is 4.98 Å². The predicted octanol–water partition coefficient (Wildman–Crippen LogP) is 4.06. The quantitative estimate of drug-likeness (QED) is 0.271. The van der Waals surface area contributed by atoms with E-state index < -0.39 is 5.91 Å². The highest BCUT2D eigenvalue weighted by Gasteiger charge is 2.21. The second-order valence-corrected chi connectivity index (χ2v) is 9.46. The Morgan fingerprint density at radius 3 is 2.53 bits per heavy atom. The standard InChI is InChI=1S/C28H26N6O3S/c1-34(2)23-10-9-17(14-20(23)27(36)31-12-11-29)19-15-22(18-6-3-4-7-24(18)35)32-26(21(19)16-30)33-28(37)25-8-5-13-38-25/h3-10,13-15,35H,11-12,29H2,1-2H3,(H,31,36)(H,32,33,37). The third-order valence-corrected chi connectivity index (χ3v) is 6.62. The van der Waals surface area contributed by atoms with Crippen molar-refractivity contribution >= 4 is 34.7 Å². The highest BCUT2D eigenvalue weighted by atomic mass is 32.1. The number of benzene rings is 2. The summed E-state index contributed by atoms with van der Waals surface area (Å²) in [7, 11) is 3.66. The normalized spacial score (nSPS) is 10.5. The number of aromatic nitrogens is 1. The van der Waals surface area contributed by atoms with E-state index in [2.05, 4.69) is 21.7 Å². The number of carbonyl (C=O) groups excluding carboxylic acids is 2. The van der Waals surface area contributed by atoms with Gasteiger partial charge in [0.1, 0.15) is 17.4 Å². The summed E-state index contributed by atoms with van der Waals surface area (Å²) in [5, 5.41) is 28.0. The number of nitriles is 1. The smallest absolute Gasteiger partial charge is 0.266 e. The minimum absolute atomic E-state index is 0.00371. The molecule has 9 nitrogen and oxygen atoms in total. The number of hydrogen-bond donors (Lipinski definition) is 4. The molecule has 10 heteroatoms. The van der Waals surface area contributed by atoms with E-state index in [0.29, 0.717) is 51.6 Å². The topological polar surface area (TPSA) is 144 Å². The lowest BCUT2D eigenvalue weighted by atomic mass is 9.95. The summed E-state index contributed by atoms with van der Waals surface area (Å²) in [5.41, 5.74) is 8.56. The Morgan fingerprint density at radius 2 is 1.87 bits per heavy atom. The molecular weight excluding hydrogens is 500 g/mol. The molecule has 2 aromatic heterocycles. The number of phenols is 1. The van der Waals surface area contributed by atoms with Gasteiger partial charge in [0.15, 0.2) is 5.82 Å². The van der Waals surface area contributed by atoms with Crippen LogP contribution in [-0.2, 0) is 0 Å². The molecule has 0 aliphatic carbocycles. The van der Waals surface area contributed by atoms with Gasteiger partial charge in [-0.05, 0) is 47.3 Å². The predicted molar refractivity (Wildman–Crippen MR) is 149 cm³/mol. The number of amides is 2. The molecule has 0 spiro atoms. The number of para-hydroxylation sites is 1. The minimum atomic E-state index is -0.408. The van der Waals surface area contributed by atoms with Gasteiger partial charge in [-0.2, -0.15) is 5.26 Å². The van der Waals surface area contributed by atoms with E-state index >= 15 is 0 Å². The number of phenolic OH excluding ortho intramolecular Hbond substituents is 1.